The molecule has 0 radical (unpaired) electrons. The lowest BCUT2D eigenvalue weighted by Crippen LogP contribution is -2.40. The molecule has 1 saturated heterocycles. The molecule has 0 aliphatic carbocycles. The van der Waals surface area contributed by atoms with Gasteiger partial charge in [-0.2, -0.15) is 0 Å². The maximum Gasteiger partial charge on any atom is 0.257 e. The Morgan fingerprint density at radius 1 is 1.39 bits per heavy atom. The number of nitrogens with one attached hydrogen (secondary N) is 1. The molecule has 28 heavy (non-hydrogen) atoms. The zero-order chi connectivity index (χ0) is 19.0. The van der Waals surface area contributed by atoms with Crippen LogP contribution in [0.4, 0.5) is 10.1 Å². The van der Waals surface area contributed by atoms with Gasteiger partial charge < -0.3 is 15.8 Å². The third kappa shape index (κ3) is 3.72. The second kappa shape index (κ2) is 8.06. The molecule has 1 aromatic carbocycles. The summed E-state index contributed by atoms with van der Waals surface area (Å²) < 4.78 is 20.3. The zero-order valence-electron chi connectivity index (χ0n) is 14.1. The van der Waals surface area contributed by atoms with Crippen molar-refractivity contribution in [1.82, 2.24) is 4.98 Å². The predicted molar refractivity (Wildman–Crippen MR) is 110 cm³/mol. The van der Waals surface area contributed by atoms with Crippen LogP contribution in [0.15, 0.2) is 41.5 Å². The number of aliphatic imine (C=N–C) groups is 1. The highest BCUT2D eigenvalue weighted by Gasteiger charge is 2.49. The molecule has 148 valence electrons. The van der Waals surface area contributed by atoms with Crippen LogP contribution in [0.25, 0.3) is 0 Å². The van der Waals surface area contributed by atoms with E-state index in [0.717, 1.165) is 0 Å². The van der Waals surface area contributed by atoms with Crippen molar-refractivity contribution in [3.05, 3.63) is 58.6 Å². The number of hydrogen-bond donors (Lipinski definition) is 2. The van der Waals surface area contributed by atoms with Gasteiger partial charge in [-0.25, -0.2) is 14.4 Å². The van der Waals surface area contributed by atoms with Gasteiger partial charge in [-0.3, -0.25) is 4.79 Å². The average molecular weight is 423 g/mol. The SMILES string of the molecule is C.NC1=N[C@@]2(c3cc(NC(=O)c4ccc(Cl)nc4)ccc3F)COC[C@H]2CS1. The third-order valence-corrected chi connectivity index (χ3v) is 5.92. The van der Waals surface area contributed by atoms with E-state index >= 15 is 0 Å². The van der Waals surface area contributed by atoms with Crippen LogP contribution in [0.3, 0.4) is 0 Å². The Labute approximate surface area is 171 Å². The van der Waals surface area contributed by atoms with E-state index in [1.165, 1.54) is 36.2 Å². The van der Waals surface area contributed by atoms with E-state index in [1.807, 2.05) is 0 Å². The predicted octanol–water partition coefficient (Wildman–Crippen LogP) is 3.67. The lowest BCUT2D eigenvalue weighted by atomic mass is 9.81. The van der Waals surface area contributed by atoms with Crippen LogP contribution >= 0.6 is 23.4 Å². The number of carbonyl (C=O) groups is 1. The Hall–Kier alpha value is -2.16. The van der Waals surface area contributed by atoms with Crippen LogP contribution in [0.1, 0.15) is 23.3 Å². The molecule has 1 amide bonds. The fraction of sp³-hybridized carbons (Fsp3) is 0.316. The average Bonchev–Trinajstić information content (AvgIpc) is 3.07. The summed E-state index contributed by atoms with van der Waals surface area (Å²) in [5.74, 6) is -0.0339. The van der Waals surface area contributed by atoms with Crippen molar-refractivity contribution >= 4 is 40.1 Å². The summed E-state index contributed by atoms with van der Waals surface area (Å²) in [5.41, 5.74) is 6.24. The molecule has 3 heterocycles. The maximum absolute atomic E-state index is 14.7. The lowest BCUT2D eigenvalue weighted by molar-refractivity contribution is 0.102. The van der Waals surface area contributed by atoms with E-state index in [-0.39, 0.29) is 25.9 Å². The smallest absolute Gasteiger partial charge is 0.257 e. The summed E-state index contributed by atoms with van der Waals surface area (Å²) in [7, 11) is 0. The second-order valence-electron chi connectivity index (χ2n) is 6.42. The Balaban J connectivity index is 0.00000225. The lowest BCUT2D eigenvalue weighted by Gasteiger charge is -2.34. The summed E-state index contributed by atoms with van der Waals surface area (Å²) in [6, 6.07) is 7.53. The molecule has 9 heteroatoms. The number of nitrogens with zero attached hydrogens (tertiary/aromatic N) is 2. The van der Waals surface area contributed by atoms with Crippen molar-refractivity contribution in [1.29, 1.82) is 0 Å². The number of amides is 1. The minimum atomic E-state index is -0.859. The summed E-state index contributed by atoms with van der Waals surface area (Å²) >= 11 is 7.19. The molecule has 1 fully saturated rings. The van der Waals surface area contributed by atoms with Gasteiger partial charge in [0.25, 0.3) is 5.91 Å². The molecular weight excluding hydrogens is 403 g/mol. The largest absolute Gasteiger partial charge is 0.379 e. The zero-order valence-corrected chi connectivity index (χ0v) is 15.7. The number of pyridine rings is 1. The highest BCUT2D eigenvalue weighted by molar-refractivity contribution is 8.13. The molecule has 1 aromatic heterocycles. The van der Waals surface area contributed by atoms with Crippen molar-refractivity contribution in [2.24, 2.45) is 16.6 Å². The Bertz CT molecular complexity index is 925. The van der Waals surface area contributed by atoms with E-state index in [4.69, 9.17) is 22.1 Å². The number of rotatable bonds is 3. The standard InChI is InChI=1S/C18H16ClFN4O2S.CH4/c19-15-4-1-10(6-22-15)16(25)23-12-2-3-14(20)13(5-12)18-9-26-7-11(18)8-27-17(21)24-18;/h1-6,11H,7-9H2,(H2,21,24)(H,23,25);1H4/t11-,18-;/m0./s1. The number of ether oxygens (including phenoxy) is 1. The van der Waals surface area contributed by atoms with Crippen LogP contribution in [-0.2, 0) is 10.3 Å². The minimum absolute atomic E-state index is 0. The highest BCUT2D eigenvalue weighted by Crippen LogP contribution is 2.45. The molecule has 0 spiro atoms. The molecule has 0 unspecified atom stereocenters. The summed E-state index contributed by atoms with van der Waals surface area (Å²) in [5, 5.41) is 3.47. The minimum Gasteiger partial charge on any atom is -0.379 e. The summed E-state index contributed by atoms with van der Waals surface area (Å²) in [4.78, 5) is 20.9. The number of carbonyl (C=O) groups excluding carboxylic acids is 1. The van der Waals surface area contributed by atoms with E-state index in [1.54, 1.807) is 12.1 Å². The van der Waals surface area contributed by atoms with Crippen LogP contribution < -0.4 is 11.1 Å². The fourth-order valence-electron chi connectivity index (χ4n) is 3.34. The van der Waals surface area contributed by atoms with Gasteiger partial charge in [-0.1, -0.05) is 30.8 Å². The number of benzene rings is 1. The second-order valence-corrected chi connectivity index (χ2v) is 7.84. The first-order valence-corrected chi connectivity index (χ1v) is 9.63. The number of fused-ring (bicyclic) bond motifs is 1. The van der Waals surface area contributed by atoms with E-state index in [0.29, 0.717) is 39.5 Å². The van der Waals surface area contributed by atoms with E-state index in [2.05, 4.69) is 15.3 Å². The Morgan fingerprint density at radius 3 is 2.96 bits per heavy atom. The number of amidine groups is 1. The van der Waals surface area contributed by atoms with Crippen LogP contribution in [0.5, 0.6) is 0 Å². The number of anilines is 1. The van der Waals surface area contributed by atoms with Crippen molar-refractivity contribution in [2.75, 3.05) is 24.3 Å². The molecule has 2 atom stereocenters. The van der Waals surface area contributed by atoms with Gasteiger partial charge in [-0.05, 0) is 30.3 Å². The molecule has 2 aliphatic rings. The number of aromatic nitrogens is 1. The van der Waals surface area contributed by atoms with Gasteiger partial charge in [-0.15, -0.1) is 0 Å². The van der Waals surface area contributed by atoms with Gasteiger partial charge in [0.2, 0.25) is 0 Å². The van der Waals surface area contributed by atoms with Crippen molar-refractivity contribution in [3.8, 4) is 0 Å². The third-order valence-electron chi connectivity index (χ3n) is 4.74. The molecule has 3 N–H and O–H groups in total. The normalized spacial score (nSPS) is 23.4. The molecular formula is C19H20ClFN4O2S. The first-order chi connectivity index (χ1) is 13.0. The van der Waals surface area contributed by atoms with Gasteiger partial charge >= 0.3 is 0 Å². The highest BCUT2D eigenvalue weighted by atomic mass is 35.5. The number of hydrogen-bond acceptors (Lipinski definition) is 6. The van der Waals surface area contributed by atoms with E-state index in [9.17, 15) is 9.18 Å². The quantitative estimate of drug-likeness (QED) is 0.736. The van der Waals surface area contributed by atoms with Gasteiger partial charge in [0.05, 0.1) is 18.8 Å². The number of halogens is 2. The summed E-state index contributed by atoms with van der Waals surface area (Å²) in [6.45, 7) is 0.755. The number of nitrogens with two attached hydrogens (primary N) is 1. The molecule has 0 saturated carbocycles. The molecule has 2 aromatic rings. The molecule has 4 rings (SSSR count). The van der Waals surface area contributed by atoms with Gasteiger partial charge in [0.15, 0.2) is 5.17 Å². The van der Waals surface area contributed by atoms with Crippen molar-refractivity contribution < 1.29 is 13.9 Å². The van der Waals surface area contributed by atoms with Gasteiger partial charge in [0, 0.05) is 29.1 Å². The van der Waals surface area contributed by atoms with Crippen LogP contribution in [0.2, 0.25) is 5.15 Å². The molecule has 6 nitrogen and oxygen atoms in total. The summed E-state index contributed by atoms with van der Waals surface area (Å²) in [6.07, 6.45) is 1.38. The van der Waals surface area contributed by atoms with Crippen molar-refractivity contribution in [3.63, 3.8) is 0 Å². The first-order valence-electron chi connectivity index (χ1n) is 8.27. The monoisotopic (exact) mass is 422 g/mol. The van der Waals surface area contributed by atoms with Crippen LogP contribution in [-0.4, -0.2) is 35.0 Å². The van der Waals surface area contributed by atoms with Gasteiger partial charge in [0.1, 0.15) is 16.5 Å². The van der Waals surface area contributed by atoms with Crippen LogP contribution in [0, 0.1) is 11.7 Å². The fourth-order valence-corrected chi connectivity index (χ4v) is 4.43. The first kappa shape index (κ1) is 20.6. The Morgan fingerprint density at radius 2 is 2.21 bits per heavy atom. The topological polar surface area (TPSA) is 89.6 Å². The van der Waals surface area contributed by atoms with Crippen molar-refractivity contribution in [2.45, 2.75) is 13.0 Å². The maximum atomic E-state index is 14.7. The molecule has 0 bridgehead atoms. The van der Waals surface area contributed by atoms with E-state index < -0.39 is 11.4 Å². The number of thioether (sulfide) groups is 1. The molecule has 2 aliphatic heterocycles. The Kier molecular flexibility index (Phi) is 5.92.